The first-order valence-corrected chi connectivity index (χ1v) is 13.3. The summed E-state index contributed by atoms with van der Waals surface area (Å²) >= 11 is 6.15. The molecular formula is C27H25ClFN3O4S. The van der Waals surface area contributed by atoms with Crippen LogP contribution in [-0.2, 0) is 14.6 Å². The molecule has 0 fully saturated rings. The molecule has 0 aliphatic rings. The minimum absolute atomic E-state index is 0.0383. The molecule has 0 saturated heterocycles. The van der Waals surface area contributed by atoms with E-state index in [-0.39, 0.29) is 20.9 Å². The third-order valence-electron chi connectivity index (χ3n) is 5.87. The molecule has 0 radical (unpaired) electrons. The van der Waals surface area contributed by atoms with E-state index in [1.165, 1.54) is 24.3 Å². The first-order valence-electron chi connectivity index (χ1n) is 11.4. The van der Waals surface area contributed by atoms with Crippen LogP contribution in [0.4, 0.5) is 4.39 Å². The molecule has 1 unspecified atom stereocenters. The number of hydrogen-bond acceptors (Lipinski definition) is 4. The van der Waals surface area contributed by atoms with Crippen molar-refractivity contribution in [1.82, 2.24) is 15.6 Å². The van der Waals surface area contributed by atoms with E-state index < -0.39 is 40.1 Å². The summed E-state index contributed by atoms with van der Waals surface area (Å²) in [6.07, 6.45) is 0. The average molecular weight is 542 g/mol. The molecule has 4 aromatic rings. The summed E-state index contributed by atoms with van der Waals surface area (Å²) < 4.78 is 41.5. The number of benzene rings is 3. The number of hydrogen-bond donors (Lipinski definition) is 3. The maximum atomic E-state index is 14.0. The van der Waals surface area contributed by atoms with E-state index in [1.54, 1.807) is 51.1 Å². The number of amides is 2. The van der Waals surface area contributed by atoms with E-state index in [4.69, 9.17) is 11.6 Å². The van der Waals surface area contributed by atoms with E-state index in [2.05, 4.69) is 15.6 Å². The molecule has 1 aromatic heterocycles. The van der Waals surface area contributed by atoms with Crippen LogP contribution >= 0.6 is 11.6 Å². The highest BCUT2D eigenvalue weighted by atomic mass is 35.5. The Morgan fingerprint density at radius 2 is 1.70 bits per heavy atom. The van der Waals surface area contributed by atoms with Crippen molar-refractivity contribution < 1.29 is 22.4 Å². The van der Waals surface area contributed by atoms with Crippen LogP contribution in [0.1, 0.15) is 40.1 Å². The third kappa shape index (κ3) is 5.52. The second-order valence-corrected chi connectivity index (χ2v) is 11.2. The smallest absolute Gasteiger partial charge is 0.269 e. The second kappa shape index (κ2) is 10.4. The fourth-order valence-electron chi connectivity index (χ4n) is 4.23. The summed E-state index contributed by atoms with van der Waals surface area (Å²) in [5.41, 5.74) is 1.99. The fraction of sp³-hybridized carbons (Fsp3) is 0.185. The molecule has 0 bridgehead atoms. The Morgan fingerprint density at radius 3 is 2.38 bits per heavy atom. The van der Waals surface area contributed by atoms with Crippen molar-refractivity contribution in [1.29, 1.82) is 0 Å². The van der Waals surface area contributed by atoms with Gasteiger partial charge in [-0.2, -0.15) is 0 Å². The predicted octanol–water partition coefficient (Wildman–Crippen LogP) is 5.02. The molecule has 0 saturated carbocycles. The molecule has 2 amide bonds. The van der Waals surface area contributed by atoms with Crippen LogP contribution in [0.15, 0.2) is 70.5 Å². The Balaban J connectivity index is 1.64. The lowest BCUT2D eigenvalue weighted by Gasteiger charge is -2.15. The number of aryl methyl sites for hydroxylation is 2. The molecule has 37 heavy (non-hydrogen) atoms. The van der Waals surface area contributed by atoms with Gasteiger partial charge in [0.1, 0.15) is 16.4 Å². The zero-order valence-corrected chi connectivity index (χ0v) is 21.9. The van der Waals surface area contributed by atoms with Crippen LogP contribution in [0, 0.1) is 19.7 Å². The van der Waals surface area contributed by atoms with Crippen molar-refractivity contribution in [2.75, 3.05) is 6.54 Å². The standard InChI is InChI=1S/C27H25ClFN3O4S/c1-15-10-16(2)12-19(11-15)37(35,36)26-21-13-18(28)8-9-23(21)32-25(26)27(34)30-14-24(33)31-17(3)20-6-4-5-7-22(20)29/h4-13,17,32H,14H2,1-3H3,(H,30,34)(H,31,33). The number of aromatic nitrogens is 1. The Labute approximate surface area is 219 Å². The van der Waals surface area contributed by atoms with Crippen LogP contribution in [0.5, 0.6) is 0 Å². The van der Waals surface area contributed by atoms with E-state index in [9.17, 15) is 22.4 Å². The number of aromatic amines is 1. The number of sulfone groups is 1. The average Bonchev–Trinajstić information content (AvgIpc) is 3.21. The lowest BCUT2D eigenvalue weighted by Crippen LogP contribution is -2.38. The molecule has 1 heterocycles. The molecule has 1 atom stereocenters. The van der Waals surface area contributed by atoms with E-state index in [1.807, 2.05) is 6.07 Å². The topological polar surface area (TPSA) is 108 Å². The first kappa shape index (κ1) is 26.4. The van der Waals surface area contributed by atoms with Crippen molar-refractivity contribution >= 4 is 44.2 Å². The number of rotatable bonds is 7. The predicted molar refractivity (Wildman–Crippen MR) is 140 cm³/mol. The quantitative estimate of drug-likeness (QED) is 0.305. The molecular weight excluding hydrogens is 517 g/mol. The SMILES string of the molecule is Cc1cc(C)cc(S(=O)(=O)c2c(C(=O)NCC(=O)NC(C)c3ccccc3F)[nH]c3ccc(Cl)cc23)c1. The molecule has 192 valence electrons. The summed E-state index contributed by atoms with van der Waals surface area (Å²) in [4.78, 5) is 28.3. The van der Waals surface area contributed by atoms with Gasteiger partial charge in [-0.05, 0) is 68.3 Å². The van der Waals surface area contributed by atoms with Gasteiger partial charge in [-0.1, -0.05) is 35.9 Å². The highest BCUT2D eigenvalue weighted by Crippen LogP contribution is 2.34. The Morgan fingerprint density at radius 1 is 1.03 bits per heavy atom. The Kier molecular flexibility index (Phi) is 7.38. The largest absolute Gasteiger partial charge is 0.349 e. The molecule has 4 rings (SSSR count). The fourth-order valence-corrected chi connectivity index (χ4v) is 6.19. The second-order valence-electron chi connectivity index (χ2n) is 8.84. The first-order chi connectivity index (χ1) is 17.5. The van der Waals surface area contributed by atoms with Crippen LogP contribution in [0.2, 0.25) is 5.02 Å². The van der Waals surface area contributed by atoms with Gasteiger partial charge in [0.15, 0.2) is 0 Å². The van der Waals surface area contributed by atoms with E-state index >= 15 is 0 Å². The number of nitrogens with one attached hydrogen (secondary N) is 3. The van der Waals surface area contributed by atoms with Crippen molar-refractivity contribution in [2.45, 2.75) is 36.6 Å². The number of H-pyrrole nitrogens is 1. The zero-order valence-electron chi connectivity index (χ0n) is 20.4. The summed E-state index contributed by atoms with van der Waals surface area (Å²) in [5.74, 6) is -1.82. The highest BCUT2D eigenvalue weighted by Gasteiger charge is 2.30. The minimum atomic E-state index is -4.15. The summed E-state index contributed by atoms with van der Waals surface area (Å²) in [7, 11) is -4.15. The van der Waals surface area contributed by atoms with Crippen LogP contribution in [0.25, 0.3) is 10.9 Å². The summed E-state index contributed by atoms with van der Waals surface area (Å²) in [5, 5.41) is 5.64. The summed E-state index contributed by atoms with van der Waals surface area (Å²) in [6, 6.07) is 15.0. The number of carbonyl (C=O) groups excluding carboxylic acids is 2. The van der Waals surface area contributed by atoms with Crippen molar-refractivity contribution in [3.63, 3.8) is 0 Å². The van der Waals surface area contributed by atoms with Crippen LogP contribution in [-0.4, -0.2) is 31.8 Å². The van der Waals surface area contributed by atoms with Crippen LogP contribution < -0.4 is 10.6 Å². The minimum Gasteiger partial charge on any atom is -0.349 e. The van der Waals surface area contributed by atoms with Gasteiger partial charge in [0.05, 0.1) is 17.5 Å². The van der Waals surface area contributed by atoms with Crippen LogP contribution in [0.3, 0.4) is 0 Å². The Bertz CT molecular complexity index is 1610. The summed E-state index contributed by atoms with van der Waals surface area (Å²) in [6.45, 7) is 4.74. The number of halogens is 2. The van der Waals surface area contributed by atoms with Crippen molar-refractivity contribution in [3.05, 3.63) is 93.9 Å². The Hall–Kier alpha value is -3.69. The third-order valence-corrected chi connectivity index (χ3v) is 7.93. The molecule has 3 N–H and O–H groups in total. The molecule has 0 aliphatic heterocycles. The van der Waals surface area contributed by atoms with Gasteiger partial charge < -0.3 is 15.6 Å². The maximum Gasteiger partial charge on any atom is 0.269 e. The van der Waals surface area contributed by atoms with Gasteiger partial charge in [0.2, 0.25) is 15.7 Å². The molecule has 0 spiro atoms. The highest BCUT2D eigenvalue weighted by molar-refractivity contribution is 7.91. The van der Waals surface area contributed by atoms with Gasteiger partial charge >= 0.3 is 0 Å². The number of fused-ring (bicyclic) bond motifs is 1. The molecule has 3 aromatic carbocycles. The monoisotopic (exact) mass is 541 g/mol. The number of carbonyl (C=O) groups is 2. The van der Waals surface area contributed by atoms with Gasteiger partial charge in [-0.3, -0.25) is 9.59 Å². The maximum absolute atomic E-state index is 14.0. The van der Waals surface area contributed by atoms with E-state index in [0.29, 0.717) is 16.1 Å². The lowest BCUT2D eigenvalue weighted by molar-refractivity contribution is -0.120. The lowest BCUT2D eigenvalue weighted by atomic mass is 10.1. The van der Waals surface area contributed by atoms with Crippen molar-refractivity contribution in [3.8, 4) is 0 Å². The zero-order chi connectivity index (χ0) is 26.9. The van der Waals surface area contributed by atoms with Crippen molar-refractivity contribution in [2.24, 2.45) is 0 Å². The molecule has 10 heteroatoms. The molecule has 0 aliphatic carbocycles. The van der Waals surface area contributed by atoms with E-state index in [0.717, 1.165) is 11.1 Å². The normalized spacial score (nSPS) is 12.4. The molecule has 7 nitrogen and oxygen atoms in total. The van der Waals surface area contributed by atoms with Gasteiger partial charge in [0, 0.05) is 21.5 Å². The van der Waals surface area contributed by atoms with Gasteiger partial charge in [-0.15, -0.1) is 0 Å². The van der Waals surface area contributed by atoms with Gasteiger partial charge in [0.25, 0.3) is 5.91 Å². The van der Waals surface area contributed by atoms with Gasteiger partial charge in [-0.25, -0.2) is 12.8 Å².